The highest BCUT2D eigenvalue weighted by Gasteiger charge is 2.12. The van der Waals surface area contributed by atoms with Crippen LogP contribution in [-0.4, -0.2) is 21.9 Å². The minimum atomic E-state index is -0.291. The number of rotatable bonds is 8. The van der Waals surface area contributed by atoms with E-state index in [9.17, 15) is 9.18 Å². The number of carbonyl (C=O) groups is 1. The molecule has 3 aromatic rings. The average Bonchev–Trinajstić information content (AvgIpc) is 3.14. The van der Waals surface area contributed by atoms with Gasteiger partial charge in [-0.05, 0) is 30.2 Å². The molecular formula is C19H19FN4OS2. The molecule has 0 aliphatic rings. The summed E-state index contributed by atoms with van der Waals surface area (Å²) in [6.07, 6.45) is 0. The Morgan fingerprint density at radius 2 is 1.89 bits per heavy atom. The van der Waals surface area contributed by atoms with E-state index in [-0.39, 0.29) is 23.5 Å². The van der Waals surface area contributed by atoms with E-state index in [1.165, 1.54) is 35.2 Å². The Balaban J connectivity index is 1.43. The SMILES string of the molecule is CC(NC(=O)CSc1nnc(NCc2ccccc2)s1)c1ccc(F)cc1. The van der Waals surface area contributed by atoms with Gasteiger partial charge in [-0.3, -0.25) is 4.79 Å². The maximum Gasteiger partial charge on any atom is 0.230 e. The highest BCUT2D eigenvalue weighted by atomic mass is 32.2. The number of anilines is 1. The molecule has 2 aromatic carbocycles. The van der Waals surface area contributed by atoms with E-state index in [0.717, 1.165) is 20.6 Å². The largest absolute Gasteiger partial charge is 0.356 e. The van der Waals surface area contributed by atoms with Crippen molar-refractivity contribution >= 4 is 34.1 Å². The first-order valence-corrected chi connectivity index (χ1v) is 10.2. The van der Waals surface area contributed by atoms with Crippen molar-refractivity contribution < 1.29 is 9.18 Å². The Bertz CT molecular complexity index is 871. The Labute approximate surface area is 165 Å². The van der Waals surface area contributed by atoms with E-state index >= 15 is 0 Å². The van der Waals surface area contributed by atoms with Crippen molar-refractivity contribution in [3.8, 4) is 0 Å². The smallest absolute Gasteiger partial charge is 0.230 e. The molecular weight excluding hydrogens is 383 g/mol. The summed E-state index contributed by atoms with van der Waals surface area (Å²) in [7, 11) is 0. The monoisotopic (exact) mass is 402 g/mol. The van der Waals surface area contributed by atoms with E-state index in [1.807, 2.05) is 37.3 Å². The maximum absolute atomic E-state index is 13.0. The van der Waals surface area contributed by atoms with E-state index in [1.54, 1.807) is 12.1 Å². The van der Waals surface area contributed by atoms with Crippen molar-refractivity contribution in [2.45, 2.75) is 23.8 Å². The molecule has 1 atom stereocenters. The summed E-state index contributed by atoms with van der Waals surface area (Å²) in [6.45, 7) is 2.54. The van der Waals surface area contributed by atoms with Gasteiger partial charge in [-0.15, -0.1) is 10.2 Å². The van der Waals surface area contributed by atoms with Gasteiger partial charge in [-0.25, -0.2) is 4.39 Å². The standard InChI is InChI=1S/C19H19FN4OS2/c1-13(15-7-9-16(20)10-8-15)22-17(25)12-26-19-24-23-18(27-19)21-11-14-5-3-2-4-6-14/h2-10,13H,11-12H2,1H3,(H,21,23)(H,22,25). The molecule has 0 radical (unpaired) electrons. The fourth-order valence-corrected chi connectivity index (χ4v) is 3.92. The number of carbonyl (C=O) groups excluding carboxylic acids is 1. The molecule has 1 heterocycles. The number of amides is 1. The number of aromatic nitrogens is 2. The number of hydrogen-bond donors (Lipinski definition) is 2. The first-order valence-electron chi connectivity index (χ1n) is 8.39. The van der Waals surface area contributed by atoms with Crippen LogP contribution in [0.3, 0.4) is 0 Å². The molecule has 1 amide bonds. The molecule has 0 saturated heterocycles. The lowest BCUT2D eigenvalue weighted by Gasteiger charge is -2.13. The Kier molecular flexibility index (Phi) is 6.78. The summed E-state index contributed by atoms with van der Waals surface area (Å²) in [5.41, 5.74) is 2.02. The van der Waals surface area contributed by atoms with Crippen LogP contribution >= 0.6 is 23.1 Å². The quantitative estimate of drug-likeness (QED) is 0.551. The van der Waals surface area contributed by atoms with Gasteiger partial charge in [0.05, 0.1) is 11.8 Å². The lowest BCUT2D eigenvalue weighted by Crippen LogP contribution is -2.28. The van der Waals surface area contributed by atoms with Crippen LogP contribution in [0.2, 0.25) is 0 Å². The van der Waals surface area contributed by atoms with Gasteiger partial charge in [0.1, 0.15) is 5.82 Å². The van der Waals surface area contributed by atoms with E-state index in [2.05, 4.69) is 20.8 Å². The molecule has 1 aromatic heterocycles. The van der Waals surface area contributed by atoms with Crippen LogP contribution < -0.4 is 10.6 Å². The summed E-state index contributed by atoms with van der Waals surface area (Å²) in [6, 6.07) is 16.0. The molecule has 140 valence electrons. The molecule has 0 bridgehead atoms. The number of halogens is 1. The van der Waals surface area contributed by atoms with E-state index < -0.39 is 0 Å². The molecule has 1 unspecified atom stereocenters. The van der Waals surface area contributed by atoms with Gasteiger partial charge in [-0.1, -0.05) is 65.6 Å². The minimum Gasteiger partial charge on any atom is -0.356 e. The van der Waals surface area contributed by atoms with Gasteiger partial charge in [0.25, 0.3) is 0 Å². The second kappa shape index (κ2) is 9.48. The number of nitrogens with one attached hydrogen (secondary N) is 2. The summed E-state index contributed by atoms with van der Waals surface area (Å²) < 4.78 is 13.7. The number of hydrogen-bond acceptors (Lipinski definition) is 6. The fourth-order valence-electron chi connectivity index (χ4n) is 2.36. The third-order valence-electron chi connectivity index (χ3n) is 3.77. The van der Waals surface area contributed by atoms with E-state index in [4.69, 9.17) is 0 Å². The highest BCUT2D eigenvalue weighted by Crippen LogP contribution is 2.25. The number of thioether (sulfide) groups is 1. The molecule has 0 fully saturated rings. The van der Waals surface area contributed by atoms with Crippen molar-refractivity contribution in [3.63, 3.8) is 0 Å². The summed E-state index contributed by atoms with van der Waals surface area (Å²) in [5.74, 6) is -0.148. The van der Waals surface area contributed by atoms with Crippen LogP contribution in [-0.2, 0) is 11.3 Å². The van der Waals surface area contributed by atoms with Gasteiger partial charge >= 0.3 is 0 Å². The lowest BCUT2D eigenvalue weighted by atomic mass is 10.1. The van der Waals surface area contributed by atoms with Crippen molar-refractivity contribution in [2.75, 3.05) is 11.1 Å². The maximum atomic E-state index is 13.0. The zero-order chi connectivity index (χ0) is 19.1. The van der Waals surface area contributed by atoms with Crippen LogP contribution in [0.5, 0.6) is 0 Å². The van der Waals surface area contributed by atoms with Crippen molar-refractivity contribution in [1.29, 1.82) is 0 Å². The number of nitrogens with zero attached hydrogens (tertiary/aromatic N) is 2. The van der Waals surface area contributed by atoms with Gasteiger partial charge in [0.15, 0.2) is 4.34 Å². The van der Waals surface area contributed by atoms with Gasteiger partial charge < -0.3 is 10.6 Å². The lowest BCUT2D eigenvalue weighted by molar-refractivity contribution is -0.119. The molecule has 5 nitrogen and oxygen atoms in total. The van der Waals surface area contributed by atoms with Gasteiger partial charge in [0, 0.05) is 6.54 Å². The van der Waals surface area contributed by atoms with E-state index in [0.29, 0.717) is 6.54 Å². The molecule has 0 aliphatic heterocycles. The first-order chi connectivity index (χ1) is 13.1. The van der Waals surface area contributed by atoms with Crippen molar-refractivity contribution in [1.82, 2.24) is 15.5 Å². The fraction of sp³-hybridized carbons (Fsp3) is 0.211. The van der Waals surface area contributed by atoms with Crippen molar-refractivity contribution in [2.24, 2.45) is 0 Å². The van der Waals surface area contributed by atoms with Crippen LogP contribution in [0.4, 0.5) is 9.52 Å². The highest BCUT2D eigenvalue weighted by molar-refractivity contribution is 8.01. The summed E-state index contributed by atoms with van der Waals surface area (Å²) in [5, 5.41) is 15.0. The second-order valence-corrected chi connectivity index (χ2v) is 8.04. The normalized spacial score (nSPS) is 11.8. The predicted octanol–water partition coefficient (Wildman–Crippen LogP) is 4.26. The molecule has 0 saturated carbocycles. The van der Waals surface area contributed by atoms with Crippen molar-refractivity contribution in [3.05, 3.63) is 71.5 Å². The average molecular weight is 403 g/mol. The second-order valence-electron chi connectivity index (χ2n) is 5.84. The molecule has 0 aliphatic carbocycles. The molecule has 0 spiro atoms. The molecule has 3 rings (SSSR count). The molecule has 27 heavy (non-hydrogen) atoms. The first kappa shape index (κ1) is 19.3. The van der Waals surface area contributed by atoms with Gasteiger partial charge in [0.2, 0.25) is 11.0 Å². The van der Waals surface area contributed by atoms with Crippen LogP contribution in [0.1, 0.15) is 24.1 Å². The molecule has 2 N–H and O–H groups in total. The summed E-state index contributed by atoms with van der Waals surface area (Å²) >= 11 is 2.76. The Hall–Kier alpha value is -2.45. The van der Waals surface area contributed by atoms with Crippen LogP contribution in [0.15, 0.2) is 58.9 Å². The van der Waals surface area contributed by atoms with Gasteiger partial charge in [-0.2, -0.15) is 0 Å². The minimum absolute atomic E-state index is 0.106. The zero-order valence-electron chi connectivity index (χ0n) is 14.7. The van der Waals surface area contributed by atoms with Crippen LogP contribution in [0, 0.1) is 5.82 Å². The third-order valence-corrected chi connectivity index (χ3v) is 5.78. The Morgan fingerprint density at radius 3 is 2.63 bits per heavy atom. The molecule has 8 heteroatoms. The zero-order valence-corrected chi connectivity index (χ0v) is 16.3. The Morgan fingerprint density at radius 1 is 1.15 bits per heavy atom. The topological polar surface area (TPSA) is 66.9 Å². The number of benzene rings is 2. The predicted molar refractivity (Wildman–Crippen MR) is 107 cm³/mol. The third kappa shape index (κ3) is 6.04. The summed E-state index contributed by atoms with van der Waals surface area (Å²) in [4.78, 5) is 12.1. The van der Waals surface area contributed by atoms with Crippen LogP contribution in [0.25, 0.3) is 0 Å².